The van der Waals surface area contributed by atoms with E-state index in [2.05, 4.69) is 10.6 Å². The Kier molecular flexibility index (Phi) is 3.91. The van der Waals surface area contributed by atoms with E-state index in [1.165, 1.54) is 19.1 Å². The predicted octanol–water partition coefficient (Wildman–Crippen LogP) is 1.37. The molecule has 1 amide bonds. The van der Waals surface area contributed by atoms with Crippen LogP contribution in [0.1, 0.15) is 6.92 Å². The van der Waals surface area contributed by atoms with Crippen LogP contribution in [-0.4, -0.2) is 19.0 Å². The van der Waals surface area contributed by atoms with Crippen LogP contribution in [0, 0.1) is 5.82 Å². The summed E-state index contributed by atoms with van der Waals surface area (Å²) < 4.78 is 12.5. The van der Waals surface area contributed by atoms with E-state index in [4.69, 9.17) is 0 Å². The molecule has 0 aliphatic rings. The monoisotopic (exact) mass is 196 g/mol. The molecule has 2 N–H and O–H groups in total. The molecule has 4 heteroatoms. The minimum Gasteiger partial charge on any atom is -0.383 e. The first-order chi connectivity index (χ1) is 6.68. The zero-order valence-electron chi connectivity index (χ0n) is 8.01. The number of rotatable bonds is 4. The fourth-order valence-corrected chi connectivity index (χ4v) is 1.01. The molecule has 0 fully saturated rings. The molecule has 0 heterocycles. The Morgan fingerprint density at radius 2 is 1.93 bits per heavy atom. The van der Waals surface area contributed by atoms with Crippen molar-refractivity contribution in [3.63, 3.8) is 0 Å². The standard InChI is InChI=1S/C10H13FN2O/c1-8(14)12-6-7-13-10-4-2-9(11)3-5-10/h2-5,13H,6-7H2,1H3,(H,12,14). The summed E-state index contributed by atoms with van der Waals surface area (Å²) in [7, 11) is 0. The Morgan fingerprint density at radius 1 is 1.29 bits per heavy atom. The van der Waals surface area contributed by atoms with Gasteiger partial charge >= 0.3 is 0 Å². The lowest BCUT2D eigenvalue weighted by molar-refractivity contribution is -0.118. The lowest BCUT2D eigenvalue weighted by atomic mass is 10.3. The fourth-order valence-electron chi connectivity index (χ4n) is 1.01. The fraction of sp³-hybridized carbons (Fsp3) is 0.300. The van der Waals surface area contributed by atoms with Gasteiger partial charge in [-0.05, 0) is 24.3 Å². The molecular formula is C10H13FN2O. The minimum atomic E-state index is -0.252. The number of hydrogen-bond donors (Lipinski definition) is 2. The van der Waals surface area contributed by atoms with E-state index in [-0.39, 0.29) is 11.7 Å². The molecule has 0 aromatic heterocycles. The summed E-state index contributed by atoms with van der Waals surface area (Å²) in [6.45, 7) is 2.66. The molecule has 1 aromatic carbocycles. The zero-order chi connectivity index (χ0) is 10.4. The maximum Gasteiger partial charge on any atom is 0.216 e. The van der Waals surface area contributed by atoms with Crippen molar-refractivity contribution >= 4 is 11.6 Å². The third-order valence-corrected chi connectivity index (χ3v) is 1.67. The third-order valence-electron chi connectivity index (χ3n) is 1.67. The van der Waals surface area contributed by atoms with Gasteiger partial charge in [0.2, 0.25) is 5.91 Å². The van der Waals surface area contributed by atoms with Gasteiger partial charge in [0.15, 0.2) is 0 Å². The van der Waals surface area contributed by atoms with Gasteiger partial charge in [0.25, 0.3) is 0 Å². The number of carbonyl (C=O) groups excluding carboxylic acids is 1. The van der Waals surface area contributed by atoms with Crippen LogP contribution in [0.3, 0.4) is 0 Å². The average Bonchev–Trinajstić information content (AvgIpc) is 2.15. The summed E-state index contributed by atoms with van der Waals surface area (Å²) in [5, 5.41) is 5.70. The van der Waals surface area contributed by atoms with Crippen molar-refractivity contribution in [2.75, 3.05) is 18.4 Å². The largest absolute Gasteiger partial charge is 0.383 e. The number of amides is 1. The second-order valence-corrected chi connectivity index (χ2v) is 2.92. The first kappa shape index (κ1) is 10.5. The van der Waals surface area contributed by atoms with Gasteiger partial charge < -0.3 is 10.6 Å². The van der Waals surface area contributed by atoms with Gasteiger partial charge in [0.1, 0.15) is 5.82 Å². The molecule has 0 unspecified atom stereocenters. The molecule has 0 saturated carbocycles. The molecule has 0 radical (unpaired) electrons. The Hall–Kier alpha value is -1.58. The molecule has 0 saturated heterocycles. The number of hydrogen-bond acceptors (Lipinski definition) is 2. The molecule has 1 rings (SSSR count). The summed E-state index contributed by atoms with van der Waals surface area (Å²) in [5.74, 6) is -0.302. The predicted molar refractivity (Wildman–Crippen MR) is 53.6 cm³/mol. The number of anilines is 1. The molecule has 3 nitrogen and oxygen atoms in total. The lowest BCUT2D eigenvalue weighted by Gasteiger charge is -2.06. The summed E-state index contributed by atoms with van der Waals surface area (Å²) in [6, 6.07) is 6.09. The van der Waals surface area contributed by atoms with Crippen LogP contribution >= 0.6 is 0 Å². The Morgan fingerprint density at radius 3 is 2.50 bits per heavy atom. The van der Waals surface area contributed by atoms with Crippen LogP contribution < -0.4 is 10.6 Å². The smallest absolute Gasteiger partial charge is 0.216 e. The lowest BCUT2D eigenvalue weighted by Crippen LogP contribution is -2.26. The van der Waals surface area contributed by atoms with Gasteiger partial charge in [-0.15, -0.1) is 0 Å². The molecule has 0 aliphatic heterocycles. The number of nitrogens with one attached hydrogen (secondary N) is 2. The normalized spacial score (nSPS) is 9.57. The number of halogens is 1. The van der Waals surface area contributed by atoms with Crippen molar-refractivity contribution < 1.29 is 9.18 Å². The first-order valence-corrected chi connectivity index (χ1v) is 4.42. The van der Waals surface area contributed by atoms with Crippen LogP contribution in [0.4, 0.5) is 10.1 Å². The van der Waals surface area contributed by atoms with Crippen molar-refractivity contribution in [2.45, 2.75) is 6.92 Å². The highest BCUT2D eigenvalue weighted by molar-refractivity contribution is 5.72. The van der Waals surface area contributed by atoms with Crippen LogP contribution in [0.15, 0.2) is 24.3 Å². The maximum atomic E-state index is 12.5. The highest BCUT2D eigenvalue weighted by atomic mass is 19.1. The van der Waals surface area contributed by atoms with Gasteiger partial charge in [-0.3, -0.25) is 4.79 Å². The van der Waals surface area contributed by atoms with E-state index < -0.39 is 0 Å². The van der Waals surface area contributed by atoms with Crippen LogP contribution in [-0.2, 0) is 4.79 Å². The second kappa shape index (κ2) is 5.21. The van der Waals surface area contributed by atoms with Crippen LogP contribution in [0.5, 0.6) is 0 Å². The molecule has 1 aromatic rings. The summed E-state index contributed by atoms with van der Waals surface area (Å²) in [4.78, 5) is 10.5. The van der Waals surface area contributed by atoms with Crippen molar-refractivity contribution in [1.82, 2.24) is 5.32 Å². The Bertz CT molecular complexity index is 297. The van der Waals surface area contributed by atoms with Crippen molar-refractivity contribution in [3.8, 4) is 0 Å². The minimum absolute atomic E-state index is 0.0501. The van der Waals surface area contributed by atoms with E-state index >= 15 is 0 Å². The first-order valence-electron chi connectivity index (χ1n) is 4.42. The van der Waals surface area contributed by atoms with E-state index in [1.54, 1.807) is 12.1 Å². The quantitative estimate of drug-likeness (QED) is 0.714. The SMILES string of the molecule is CC(=O)NCCNc1ccc(F)cc1. The molecule has 0 bridgehead atoms. The maximum absolute atomic E-state index is 12.5. The summed E-state index contributed by atoms with van der Waals surface area (Å²) in [6.07, 6.45) is 0. The number of carbonyl (C=O) groups is 1. The average molecular weight is 196 g/mol. The molecule has 0 atom stereocenters. The van der Waals surface area contributed by atoms with Crippen LogP contribution in [0.25, 0.3) is 0 Å². The molecule has 14 heavy (non-hydrogen) atoms. The highest BCUT2D eigenvalue weighted by Crippen LogP contribution is 2.06. The van der Waals surface area contributed by atoms with Crippen molar-refractivity contribution in [2.24, 2.45) is 0 Å². The molecular weight excluding hydrogens is 183 g/mol. The molecule has 0 aliphatic carbocycles. The van der Waals surface area contributed by atoms with Gasteiger partial charge in [0.05, 0.1) is 0 Å². The van der Waals surface area contributed by atoms with Crippen LogP contribution in [0.2, 0.25) is 0 Å². The van der Waals surface area contributed by atoms with Crippen molar-refractivity contribution in [1.29, 1.82) is 0 Å². The third kappa shape index (κ3) is 3.89. The van der Waals surface area contributed by atoms with E-state index in [0.29, 0.717) is 13.1 Å². The van der Waals surface area contributed by atoms with Crippen molar-refractivity contribution in [3.05, 3.63) is 30.1 Å². The second-order valence-electron chi connectivity index (χ2n) is 2.92. The van der Waals surface area contributed by atoms with E-state index in [1.807, 2.05) is 0 Å². The Balaban J connectivity index is 2.25. The van der Waals surface area contributed by atoms with E-state index in [9.17, 15) is 9.18 Å². The highest BCUT2D eigenvalue weighted by Gasteiger charge is 1.93. The zero-order valence-corrected chi connectivity index (χ0v) is 8.01. The molecule has 76 valence electrons. The van der Waals surface area contributed by atoms with Gasteiger partial charge in [-0.1, -0.05) is 0 Å². The van der Waals surface area contributed by atoms with E-state index in [0.717, 1.165) is 5.69 Å². The summed E-state index contributed by atoms with van der Waals surface area (Å²) in [5.41, 5.74) is 0.844. The van der Waals surface area contributed by atoms with Gasteiger partial charge in [0, 0.05) is 25.7 Å². The summed E-state index contributed by atoms with van der Waals surface area (Å²) >= 11 is 0. The van der Waals surface area contributed by atoms with Gasteiger partial charge in [-0.2, -0.15) is 0 Å². The van der Waals surface area contributed by atoms with Gasteiger partial charge in [-0.25, -0.2) is 4.39 Å². The Labute approximate surface area is 82.3 Å². The molecule has 0 spiro atoms. The topological polar surface area (TPSA) is 41.1 Å². The number of benzene rings is 1.